The number of aryl methyl sites for hydroxylation is 3. The molecule has 24 heavy (non-hydrogen) atoms. The molecule has 2 aromatic rings. The van der Waals surface area contributed by atoms with E-state index >= 15 is 0 Å². The number of halogens is 2. The molecule has 0 fully saturated rings. The molecule has 2 rings (SSSR count). The standard InChI is InChI=1S/C18H18Cl2N2O2/c1-11-6-12(2)15(13(3)7-11)9-21-22-18(23)10-24-17-5-4-14(19)8-16(17)20/h4-9H,10H2,1-3H3,(H,22,23). The number of hydrogen-bond acceptors (Lipinski definition) is 3. The van der Waals surface area contributed by atoms with Crippen LogP contribution in [0.25, 0.3) is 0 Å². The van der Waals surface area contributed by atoms with Gasteiger partial charge in [-0.2, -0.15) is 5.10 Å². The van der Waals surface area contributed by atoms with Gasteiger partial charge >= 0.3 is 0 Å². The maximum absolute atomic E-state index is 11.8. The van der Waals surface area contributed by atoms with Crippen molar-refractivity contribution in [2.75, 3.05) is 6.61 Å². The predicted molar refractivity (Wildman–Crippen MR) is 98.3 cm³/mol. The molecule has 0 aromatic heterocycles. The lowest BCUT2D eigenvalue weighted by molar-refractivity contribution is -0.123. The van der Waals surface area contributed by atoms with Crippen molar-refractivity contribution < 1.29 is 9.53 Å². The Morgan fingerprint density at radius 1 is 1.17 bits per heavy atom. The van der Waals surface area contributed by atoms with E-state index in [4.69, 9.17) is 27.9 Å². The molecule has 0 atom stereocenters. The summed E-state index contributed by atoms with van der Waals surface area (Å²) in [6.45, 7) is 5.87. The van der Waals surface area contributed by atoms with E-state index in [-0.39, 0.29) is 12.5 Å². The first-order valence-corrected chi connectivity index (χ1v) is 8.10. The first-order chi connectivity index (χ1) is 11.4. The van der Waals surface area contributed by atoms with Gasteiger partial charge in [0.2, 0.25) is 0 Å². The molecule has 2 aromatic carbocycles. The molecule has 126 valence electrons. The maximum atomic E-state index is 11.8. The third-order valence-electron chi connectivity index (χ3n) is 3.37. The smallest absolute Gasteiger partial charge is 0.277 e. The zero-order valence-corrected chi connectivity index (χ0v) is 15.2. The zero-order valence-electron chi connectivity index (χ0n) is 13.7. The number of amides is 1. The van der Waals surface area contributed by atoms with Gasteiger partial charge in [0, 0.05) is 10.6 Å². The molecule has 0 saturated carbocycles. The van der Waals surface area contributed by atoms with Crippen LogP contribution >= 0.6 is 23.2 Å². The third-order valence-corrected chi connectivity index (χ3v) is 3.90. The highest BCUT2D eigenvalue weighted by atomic mass is 35.5. The monoisotopic (exact) mass is 364 g/mol. The van der Waals surface area contributed by atoms with Crippen LogP contribution < -0.4 is 10.2 Å². The number of hydrogen-bond donors (Lipinski definition) is 1. The average molecular weight is 365 g/mol. The largest absolute Gasteiger partial charge is 0.482 e. The van der Waals surface area contributed by atoms with Crippen LogP contribution in [0.4, 0.5) is 0 Å². The van der Waals surface area contributed by atoms with Gasteiger partial charge in [-0.1, -0.05) is 40.9 Å². The molecule has 0 saturated heterocycles. The summed E-state index contributed by atoms with van der Waals surface area (Å²) in [5.41, 5.74) is 6.83. The molecule has 1 N–H and O–H groups in total. The van der Waals surface area contributed by atoms with Crippen LogP contribution in [0.3, 0.4) is 0 Å². The van der Waals surface area contributed by atoms with Crippen LogP contribution in [0.5, 0.6) is 5.75 Å². The van der Waals surface area contributed by atoms with E-state index in [0.717, 1.165) is 16.7 Å². The lowest BCUT2D eigenvalue weighted by atomic mass is 10.0. The second kappa shape index (κ2) is 8.18. The van der Waals surface area contributed by atoms with Crippen molar-refractivity contribution in [2.45, 2.75) is 20.8 Å². The molecule has 0 radical (unpaired) electrons. The minimum Gasteiger partial charge on any atom is -0.482 e. The molecule has 0 bridgehead atoms. The first-order valence-electron chi connectivity index (χ1n) is 7.34. The second-order valence-corrected chi connectivity index (χ2v) is 6.31. The van der Waals surface area contributed by atoms with Crippen LogP contribution in [0.1, 0.15) is 22.3 Å². The Morgan fingerprint density at radius 2 is 1.83 bits per heavy atom. The topological polar surface area (TPSA) is 50.7 Å². The SMILES string of the molecule is Cc1cc(C)c(C=NNC(=O)COc2ccc(Cl)cc2Cl)c(C)c1. The quantitative estimate of drug-likeness (QED) is 0.629. The van der Waals surface area contributed by atoms with Gasteiger partial charge in [0.25, 0.3) is 5.91 Å². The maximum Gasteiger partial charge on any atom is 0.277 e. The van der Waals surface area contributed by atoms with Crippen LogP contribution in [0, 0.1) is 20.8 Å². The van der Waals surface area contributed by atoms with E-state index in [0.29, 0.717) is 15.8 Å². The highest BCUT2D eigenvalue weighted by molar-refractivity contribution is 6.35. The van der Waals surface area contributed by atoms with E-state index in [1.54, 1.807) is 24.4 Å². The lowest BCUT2D eigenvalue weighted by Crippen LogP contribution is -2.24. The molecular weight excluding hydrogens is 347 g/mol. The van der Waals surface area contributed by atoms with Crippen molar-refractivity contribution in [3.8, 4) is 5.75 Å². The van der Waals surface area contributed by atoms with Gasteiger partial charge in [0.05, 0.1) is 11.2 Å². The Labute approximate surface area is 151 Å². The highest BCUT2D eigenvalue weighted by Gasteiger charge is 2.06. The number of benzene rings is 2. The molecule has 0 aliphatic rings. The summed E-state index contributed by atoms with van der Waals surface area (Å²) in [6, 6.07) is 8.95. The highest BCUT2D eigenvalue weighted by Crippen LogP contribution is 2.27. The summed E-state index contributed by atoms with van der Waals surface area (Å²) in [6.07, 6.45) is 1.64. The number of carbonyl (C=O) groups excluding carboxylic acids is 1. The van der Waals surface area contributed by atoms with Crippen molar-refractivity contribution in [1.29, 1.82) is 0 Å². The molecule has 0 aliphatic carbocycles. The summed E-state index contributed by atoms with van der Waals surface area (Å²) in [7, 11) is 0. The lowest BCUT2D eigenvalue weighted by Gasteiger charge is -2.08. The minimum atomic E-state index is -0.375. The Bertz CT molecular complexity index is 766. The molecule has 0 spiro atoms. The van der Waals surface area contributed by atoms with E-state index in [2.05, 4.69) is 22.7 Å². The van der Waals surface area contributed by atoms with Crippen molar-refractivity contribution in [2.24, 2.45) is 5.10 Å². The number of nitrogens with zero attached hydrogens (tertiary/aromatic N) is 1. The van der Waals surface area contributed by atoms with Gasteiger partial charge in [0.15, 0.2) is 6.61 Å². The number of ether oxygens (including phenoxy) is 1. The normalized spacial score (nSPS) is 10.9. The summed E-state index contributed by atoms with van der Waals surface area (Å²) in [4.78, 5) is 11.8. The van der Waals surface area contributed by atoms with Crippen molar-refractivity contribution in [3.05, 3.63) is 62.6 Å². The number of hydrazone groups is 1. The van der Waals surface area contributed by atoms with Crippen molar-refractivity contribution >= 4 is 35.3 Å². The second-order valence-electron chi connectivity index (χ2n) is 5.47. The van der Waals surface area contributed by atoms with Crippen molar-refractivity contribution in [1.82, 2.24) is 5.43 Å². The fourth-order valence-corrected chi connectivity index (χ4v) is 2.79. The van der Waals surface area contributed by atoms with Gasteiger partial charge in [0.1, 0.15) is 5.75 Å². The van der Waals surface area contributed by atoms with Gasteiger partial charge in [-0.05, 0) is 50.1 Å². The molecule has 1 amide bonds. The molecule has 0 unspecified atom stereocenters. The molecule has 0 heterocycles. The minimum absolute atomic E-state index is 0.190. The van der Waals surface area contributed by atoms with Crippen LogP contribution in [0.2, 0.25) is 10.0 Å². The van der Waals surface area contributed by atoms with Crippen LogP contribution in [-0.2, 0) is 4.79 Å². The van der Waals surface area contributed by atoms with E-state index in [1.807, 2.05) is 20.8 Å². The molecule has 0 aliphatic heterocycles. The predicted octanol–water partition coefficient (Wildman–Crippen LogP) is 4.45. The first kappa shape index (κ1) is 18.3. The Morgan fingerprint density at radius 3 is 2.46 bits per heavy atom. The zero-order chi connectivity index (χ0) is 17.7. The summed E-state index contributed by atoms with van der Waals surface area (Å²) in [5.74, 6) is 0.0186. The Hall–Kier alpha value is -2.04. The number of carbonyl (C=O) groups is 1. The van der Waals surface area contributed by atoms with Gasteiger partial charge < -0.3 is 4.74 Å². The van der Waals surface area contributed by atoms with Crippen LogP contribution in [0.15, 0.2) is 35.4 Å². The fourth-order valence-electron chi connectivity index (χ4n) is 2.33. The molecular formula is C18H18Cl2N2O2. The molecule has 4 nitrogen and oxygen atoms in total. The van der Waals surface area contributed by atoms with Gasteiger partial charge in [-0.15, -0.1) is 0 Å². The van der Waals surface area contributed by atoms with Gasteiger partial charge in [-0.3, -0.25) is 4.79 Å². The Kier molecular flexibility index (Phi) is 6.23. The van der Waals surface area contributed by atoms with E-state index in [1.165, 1.54) is 5.56 Å². The number of nitrogens with one attached hydrogen (secondary N) is 1. The van der Waals surface area contributed by atoms with E-state index < -0.39 is 0 Å². The van der Waals surface area contributed by atoms with E-state index in [9.17, 15) is 4.79 Å². The third kappa shape index (κ3) is 4.98. The van der Waals surface area contributed by atoms with Crippen LogP contribution in [-0.4, -0.2) is 18.7 Å². The average Bonchev–Trinajstić information content (AvgIpc) is 2.49. The molecule has 6 heteroatoms. The Balaban J connectivity index is 1.91. The van der Waals surface area contributed by atoms with Gasteiger partial charge in [-0.25, -0.2) is 5.43 Å². The summed E-state index contributed by atoms with van der Waals surface area (Å²) in [5, 5.41) is 4.84. The summed E-state index contributed by atoms with van der Waals surface area (Å²) >= 11 is 11.8. The fraction of sp³-hybridized carbons (Fsp3) is 0.222. The summed E-state index contributed by atoms with van der Waals surface area (Å²) < 4.78 is 5.34. The number of rotatable bonds is 5. The van der Waals surface area contributed by atoms with Crippen molar-refractivity contribution in [3.63, 3.8) is 0 Å².